The number of benzene rings is 1. The minimum absolute atomic E-state index is 0.0982. The lowest BCUT2D eigenvalue weighted by molar-refractivity contribution is -0.119. The van der Waals surface area contributed by atoms with E-state index >= 15 is 0 Å². The zero-order valence-corrected chi connectivity index (χ0v) is 8.29. The number of rotatable bonds is 3. The van der Waals surface area contributed by atoms with Crippen LogP contribution in [-0.2, 0) is 4.79 Å². The molecule has 1 aliphatic rings. The molecule has 1 heterocycles. The Hall–Kier alpha value is -1.58. The first-order valence-corrected chi connectivity index (χ1v) is 5.03. The number of amides is 1. The van der Waals surface area contributed by atoms with Gasteiger partial charge in [-0.2, -0.15) is 0 Å². The first kappa shape index (κ1) is 9.96. The molecule has 0 radical (unpaired) electrons. The Bertz CT molecular complexity index is 367. The van der Waals surface area contributed by atoms with E-state index in [0.717, 1.165) is 12.1 Å². The summed E-state index contributed by atoms with van der Waals surface area (Å²) in [5, 5.41) is 5.94. The molecule has 3 nitrogen and oxygen atoms in total. The van der Waals surface area contributed by atoms with Crippen molar-refractivity contribution in [1.29, 1.82) is 0 Å². The maximum atomic E-state index is 12.8. The summed E-state index contributed by atoms with van der Waals surface area (Å²) >= 11 is 0. The minimum Gasteiger partial charge on any atom is -0.383 e. The number of hydrogen-bond donors (Lipinski definition) is 2. The van der Waals surface area contributed by atoms with Crippen LogP contribution in [0.4, 0.5) is 10.1 Å². The summed E-state index contributed by atoms with van der Waals surface area (Å²) in [6.07, 6.45) is 1.44. The molecule has 1 unspecified atom stereocenters. The third kappa shape index (κ3) is 2.68. The van der Waals surface area contributed by atoms with Crippen molar-refractivity contribution in [2.75, 3.05) is 11.9 Å². The van der Waals surface area contributed by atoms with Crippen LogP contribution in [0, 0.1) is 5.82 Å². The Morgan fingerprint density at radius 3 is 3.07 bits per heavy atom. The summed E-state index contributed by atoms with van der Waals surface area (Å²) in [7, 11) is 0. The minimum atomic E-state index is -0.254. The molecule has 1 aliphatic heterocycles. The maximum absolute atomic E-state index is 12.8. The van der Waals surface area contributed by atoms with Crippen LogP contribution in [0.5, 0.6) is 0 Å². The normalized spacial score (nSPS) is 20.1. The van der Waals surface area contributed by atoms with Crippen LogP contribution in [0.1, 0.15) is 12.8 Å². The molecule has 1 aromatic rings. The predicted octanol–water partition coefficient (Wildman–Crippen LogP) is 1.52. The molecule has 1 atom stereocenters. The van der Waals surface area contributed by atoms with Gasteiger partial charge in [0.2, 0.25) is 5.91 Å². The lowest BCUT2D eigenvalue weighted by atomic mass is 10.2. The highest BCUT2D eigenvalue weighted by molar-refractivity contribution is 5.78. The average Bonchev–Trinajstić information content (AvgIpc) is 2.62. The first-order valence-electron chi connectivity index (χ1n) is 5.03. The summed E-state index contributed by atoms with van der Waals surface area (Å²) in [6.45, 7) is 0.648. The summed E-state index contributed by atoms with van der Waals surface area (Å²) < 4.78 is 12.8. The van der Waals surface area contributed by atoms with Gasteiger partial charge < -0.3 is 10.6 Å². The summed E-state index contributed by atoms with van der Waals surface area (Å²) in [5.41, 5.74) is 0.746. The molecule has 80 valence electrons. The molecule has 1 saturated heterocycles. The van der Waals surface area contributed by atoms with Crippen molar-refractivity contribution >= 4 is 11.6 Å². The van der Waals surface area contributed by atoms with Crippen molar-refractivity contribution < 1.29 is 9.18 Å². The number of anilines is 1. The Kier molecular flexibility index (Phi) is 2.85. The van der Waals surface area contributed by atoms with Gasteiger partial charge in [-0.3, -0.25) is 4.79 Å². The van der Waals surface area contributed by atoms with Crippen LogP contribution < -0.4 is 10.6 Å². The molecule has 0 spiro atoms. The van der Waals surface area contributed by atoms with Gasteiger partial charge in [-0.05, 0) is 24.6 Å². The van der Waals surface area contributed by atoms with E-state index in [1.165, 1.54) is 12.1 Å². The Morgan fingerprint density at radius 2 is 2.40 bits per heavy atom. The molecule has 4 heteroatoms. The fraction of sp³-hybridized carbons (Fsp3) is 0.364. The van der Waals surface area contributed by atoms with E-state index in [2.05, 4.69) is 10.6 Å². The molecular weight excluding hydrogens is 195 g/mol. The molecule has 0 bridgehead atoms. The zero-order chi connectivity index (χ0) is 10.7. The predicted molar refractivity (Wildman–Crippen MR) is 56.1 cm³/mol. The van der Waals surface area contributed by atoms with Gasteiger partial charge in [0, 0.05) is 24.7 Å². The number of carbonyl (C=O) groups excluding carboxylic acids is 1. The zero-order valence-electron chi connectivity index (χ0n) is 8.29. The molecule has 0 aromatic heterocycles. The number of hydrogen-bond acceptors (Lipinski definition) is 2. The first-order chi connectivity index (χ1) is 7.24. The second kappa shape index (κ2) is 4.29. The second-order valence-electron chi connectivity index (χ2n) is 3.69. The molecule has 2 rings (SSSR count). The van der Waals surface area contributed by atoms with Crippen molar-refractivity contribution in [3.8, 4) is 0 Å². The van der Waals surface area contributed by atoms with Gasteiger partial charge in [-0.1, -0.05) is 6.07 Å². The van der Waals surface area contributed by atoms with Gasteiger partial charge in [0.25, 0.3) is 0 Å². The van der Waals surface area contributed by atoms with E-state index in [0.29, 0.717) is 13.0 Å². The molecule has 15 heavy (non-hydrogen) atoms. The molecule has 1 fully saturated rings. The quantitative estimate of drug-likeness (QED) is 0.790. The molecule has 0 saturated carbocycles. The standard InChI is InChI=1S/C11H13FN2O/c12-8-2-1-3-9(6-8)13-7-10-4-5-11(15)14-10/h1-3,6,10,13H,4-5,7H2,(H,14,15). The van der Waals surface area contributed by atoms with E-state index in [1.807, 2.05) is 0 Å². The van der Waals surface area contributed by atoms with Gasteiger partial charge >= 0.3 is 0 Å². The van der Waals surface area contributed by atoms with Crippen LogP contribution in [0.3, 0.4) is 0 Å². The highest BCUT2D eigenvalue weighted by Crippen LogP contribution is 2.11. The van der Waals surface area contributed by atoms with Crippen LogP contribution in [0.2, 0.25) is 0 Å². The highest BCUT2D eigenvalue weighted by Gasteiger charge is 2.19. The monoisotopic (exact) mass is 208 g/mol. The van der Waals surface area contributed by atoms with Crippen molar-refractivity contribution in [1.82, 2.24) is 5.32 Å². The molecular formula is C11H13FN2O. The molecule has 1 aromatic carbocycles. The fourth-order valence-electron chi connectivity index (χ4n) is 1.67. The van der Waals surface area contributed by atoms with Gasteiger partial charge in [0.1, 0.15) is 5.82 Å². The van der Waals surface area contributed by atoms with E-state index in [1.54, 1.807) is 12.1 Å². The largest absolute Gasteiger partial charge is 0.383 e. The summed E-state index contributed by atoms with van der Waals surface area (Å²) in [6, 6.07) is 6.48. The van der Waals surface area contributed by atoms with E-state index in [-0.39, 0.29) is 17.8 Å². The third-order valence-electron chi connectivity index (χ3n) is 2.46. The van der Waals surface area contributed by atoms with E-state index in [9.17, 15) is 9.18 Å². The van der Waals surface area contributed by atoms with Crippen LogP contribution in [0.25, 0.3) is 0 Å². The SMILES string of the molecule is O=C1CCC(CNc2cccc(F)c2)N1. The maximum Gasteiger partial charge on any atom is 0.220 e. The fourth-order valence-corrected chi connectivity index (χ4v) is 1.67. The van der Waals surface area contributed by atoms with Crippen molar-refractivity contribution in [2.45, 2.75) is 18.9 Å². The Labute approximate surface area is 87.7 Å². The third-order valence-corrected chi connectivity index (χ3v) is 2.46. The van der Waals surface area contributed by atoms with Gasteiger partial charge in [-0.25, -0.2) is 4.39 Å². The van der Waals surface area contributed by atoms with Crippen LogP contribution >= 0.6 is 0 Å². The Morgan fingerprint density at radius 1 is 1.53 bits per heavy atom. The summed E-state index contributed by atoms with van der Waals surface area (Å²) in [5.74, 6) is -0.156. The van der Waals surface area contributed by atoms with Crippen LogP contribution in [0.15, 0.2) is 24.3 Å². The lowest BCUT2D eigenvalue weighted by Gasteiger charge is -2.12. The topological polar surface area (TPSA) is 41.1 Å². The number of nitrogens with one attached hydrogen (secondary N) is 2. The van der Waals surface area contributed by atoms with Gasteiger partial charge in [0.15, 0.2) is 0 Å². The smallest absolute Gasteiger partial charge is 0.220 e. The van der Waals surface area contributed by atoms with Crippen molar-refractivity contribution in [2.24, 2.45) is 0 Å². The highest BCUT2D eigenvalue weighted by atomic mass is 19.1. The molecule has 0 aliphatic carbocycles. The summed E-state index contributed by atoms with van der Waals surface area (Å²) in [4.78, 5) is 10.9. The number of carbonyl (C=O) groups is 1. The molecule has 1 amide bonds. The molecule has 2 N–H and O–H groups in total. The van der Waals surface area contributed by atoms with Crippen LogP contribution in [-0.4, -0.2) is 18.5 Å². The second-order valence-corrected chi connectivity index (χ2v) is 3.69. The van der Waals surface area contributed by atoms with E-state index < -0.39 is 0 Å². The Balaban J connectivity index is 1.85. The lowest BCUT2D eigenvalue weighted by Crippen LogP contribution is -2.31. The van der Waals surface area contributed by atoms with Gasteiger partial charge in [-0.15, -0.1) is 0 Å². The van der Waals surface area contributed by atoms with Crippen molar-refractivity contribution in [3.05, 3.63) is 30.1 Å². The van der Waals surface area contributed by atoms with Crippen molar-refractivity contribution in [3.63, 3.8) is 0 Å². The number of halogens is 1. The van der Waals surface area contributed by atoms with E-state index in [4.69, 9.17) is 0 Å². The average molecular weight is 208 g/mol. The van der Waals surface area contributed by atoms with Gasteiger partial charge in [0.05, 0.1) is 0 Å².